The minimum absolute atomic E-state index is 0.422. The molecule has 19 heavy (non-hydrogen) atoms. The van der Waals surface area contributed by atoms with E-state index in [0.29, 0.717) is 16.7 Å². The van der Waals surface area contributed by atoms with Gasteiger partial charge in [-0.05, 0) is 53.9 Å². The molecule has 5 rings (SSSR count). The highest BCUT2D eigenvalue weighted by atomic mass is 32.1. The van der Waals surface area contributed by atoms with Gasteiger partial charge in [0.1, 0.15) is 0 Å². The molecule has 1 nitrogen and oxygen atoms in total. The van der Waals surface area contributed by atoms with Gasteiger partial charge >= 0.3 is 0 Å². The monoisotopic (exact) mass is 271 g/mol. The molecule has 5 atom stereocenters. The third-order valence-electron chi connectivity index (χ3n) is 6.29. The highest BCUT2D eigenvalue weighted by Gasteiger charge is 2.66. The van der Waals surface area contributed by atoms with Crippen molar-refractivity contribution in [3.05, 3.63) is 35.9 Å². The number of rotatable bonds is 2. The van der Waals surface area contributed by atoms with Crippen LogP contribution in [0.4, 0.5) is 0 Å². The highest BCUT2D eigenvalue weighted by Crippen LogP contribution is 2.72. The normalized spacial score (nSPS) is 46.7. The van der Waals surface area contributed by atoms with E-state index < -0.39 is 0 Å². The number of thiocarbonyl (C=S) groups is 1. The second kappa shape index (κ2) is 3.60. The van der Waals surface area contributed by atoms with Crippen LogP contribution in [0.3, 0.4) is 0 Å². The van der Waals surface area contributed by atoms with Crippen molar-refractivity contribution in [1.29, 1.82) is 0 Å². The molecular weight excluding hydrogens is 250 g/mol. The van der Waals surface area contributed by atoms with Crippen LogP contribution in [-0.4, -0.2) is 4.99 Å². The molecule has 5 unspecified atom stereocenters. The summed E-state index contributed by atoms with van der Waals surface area (Å²) in [6, 6.07) is 11.1. The van der Waals surface area contributed by atoms with Crippen LogP contribution in [0.15, 0.2) is 30.3 Å². The maximum atomic E-state index is 6.04. The van der Waals surface area contributed by atoms with Crippen LogP contribution in [0, 0.1) is 23.2 Å². The predicted molar refractivity (Wildman–Crippen MR) is 82.0 cm³/mol. The number of hydrogen-bond donors (Lipinski definition) is 1. The average Bonchev–Trinajstić information content (AvgIpc) is 2.70. The third-order valence-corrected chi connectivity index (χ3v) is 6.56. The predicted octanol–water partition coefficient (Wildman–Crippen LogP) is 3.67. The molecule has 0 radical (unpaired) electrons. The summed E-state index contributed by atoms with van der Waals surface area (Å²) in [7, 11) is 0. The van der Waals surface area contributed by atoms with Gasteiger partial charge in [-0.3, -0.25) is 0 Å². The van der Waals surface area contributed by atoms with Crippen molar-refractivity contribution >= 4 is 17.2 Å². The summed E-state index contributed by atoms with van der Waals surface area (Å²) in [4.78, 5) is 0.780. The van der Waals surface area contributed by atoms with Gasteiger partial charge in [0.25, 0.3) is 0 Å². The molecule has 2 heteroatoms. The topological polar surface area (TPSA) is 26.0 Å². The maximum Gasteiger partial charge on any atom is 0.0764 e. The summed E-state index contributed by atoms with van der Waals surface area (Å²) in [6.07, 6.45) is 5.27. The number of benzene rings is 1. The first-order valence-corrected chi connectivity index (χ1v) is 7.80. The second-order valence-electron chi connectivity index (χ2n) is 7.38. The first-order chi connectivity index (χ1) is 9.04. The molecule has 4 aliphatic carbocycles. The Labute approximate surface area is 120 Å². The maximum absolute atomic E-state index is 6.04. The van der Waals surface area contributed by atoms with Gasteiger partial charge < -0.3 is 5.73 Å². The Balaban J connectivity index is 1.77. The molecule has 1 aromatic carbocycles. The Morgan fingerprint density at radius 3 is 2.58 bits per heavy atom. The minimum Gasteiger partial charge on any atom is -0.393 e. The minimum atomic E-state index is 0.422. The number of hydrogen-bond acceptors (Lipinski definition) is 1. The van der Waals surface area contributed by atoms with Crippen LogP contribution in [0.2, 0.25) is 0 Å². The molecule has 0 aromatic heterocycles. The first kappa shape index (κ1) is 11.9. The van der Waals surface area contributed by atoms with Crippen LogP contribution in [-0.2, 0) is 5.41 Å². The van der Waals surface area contributed by atoms with E-state index in [2.05, 4.69) is 37.3 Å². The van der Waals surface area contributed by atoms with Crippen molar-refractivity contribution < 1.29 is 0 Å². The lowest BCUT2D eigenvalue weighted by atomic mass is 9.62. The van der Waals surface area contributed by atoms with Crippen molar-refractivity contribution in [3.63, 3.8) is 0 Å². The highest BCUT2D eigenvalue weighted by molar-refractivity contribution is 7.80. The van der Waals surface area contributed by atoms with Gasteiger partial charge in [0.15, 0.2) is 0 Å². The lowest BCUT2D eigenvalue weighted by molar-refractivity contribution is 0.184. The third kappa shape index (κ3) is 1.44. The van der Waals surface area contributed by atoms with E-state index in [0.717, 1.165) is 16.8 Å². The lowest BCUT2D eigenvalue weighted by Gasteiger charge is -2.42. The zero-order valence-corrected chi connectivity index (χ0v) is 12.2. The molecule has 4 saturated carbocycles. The van der Waals surface area contributed by atoms with Gasteiger partial charge in [-0.15, -0.1) is 0 Å². The van der Waals surface area contributed by atoms with Crippen molar-refractivity contribution in [3.8, 4) is 0 Å². The zero-order valence-electron chi connectivity index (χ0n) is 11.4. The quantitative estimate of drug-likeness (QED) is 0.831. The van der Waals surface area contributed by atoms with Gasteiger partial charge in [-0.2, -0.15) is 0 Å². The van der Waals surface area contributed by atoms with E-state index in [9.17, 15) is 0 Å². The molecule has 0 amide bonds. The SMILES string of the molecule is CC12CC3CC(c4ccccc4)(CC1C3C(N)=S)C2. The van der Waals surface area contributed by atoms with Crippen molar-refractivity contribution in [2.24, 2.45) is 28.9 Å². The van der Waals surface area contributed by atoms with Crippen LogP contribution in [0.1, 0.15) is 38.2 Å². The number of nitrogens with two attached hydrogens (primary N) is 1. The van der Waals surface area contributed by atoms with Crippen LogP contribution >= 0.6 is 12.2 Å². The van der Waals surface area contributed by atoms with Crippen molar-refractivity contribution in [1.82, 2.24) is 0 Å². The van der Waals surface area contributed by atoms with Crippen LogP contribution in [0.25, 0.3) is 0 Å². The van der Waals surface area contributed by atoms with E-state index in [1.807, 2.05) is 0 Å². The zero-order chi connectivity index (χ0) is 13.3. The molecule has 0 heterocycles. The molecule has 1 aromatic rings. The molecule has 4 bridgehead atoms. The summed E-state index contributed by atoms with van der Waals surface area (Å²) >= 11 is 5.36. The van der Waals surface area contributed by atoms with E-state index in [-0.39, 0.29) is 0 Å². The molecule has 2 N–H and O–H groups in total. The lowest BCUT2D eigenvalue weighted by Crippen LogP contribution is -2.39. The summed E-state index contributed by atoms with van der Waals surface area (Å²) < 4.78 is 0. The van der Waals surface area contributed by atoms with Gasteiger partial charge in [0.2, 0.25) is 0 Å². The van der Waals surface area contributed by atoms with Crippen molar-refractivity contribution in [2.75, 3.05) is 0 Å². The molecule has 0 aliphatic heterocycles. The van der Waals surface area contributed by atoms with Gasteiger partial charge in [-0.1, -0.05) is 49.5 Å². The first-order valence-electron chi connectivity index (χ1n) is 7.39. The van der Waals surface area contributed by atoms with Gasteiger partial charge in [0, 0.05) is 5.92 Å². The molecule has 100 valence electrons. The Morgan fingerprint density at radius 2 is 1.95 bits per heavy atom. The van der Waals surface area contributed by atoms with E-state index in [4.69, 9.17) is 18.0 Å². The van der Waals surface area contributed by atoms with Crippen molar-refractivity contribution in [2.45, 2.75) is 38.0 Å². The van der Waals surface area contributed by atoms with E-state index in [1.165, 1.54) is 25.7 Å². The summed E-state index contributed by atoms with van der Waals surface area (Å²) in [6.45, 7) is 2.48. The Bertz CT molecular complexity index is 539. The largest absolute Gasteiger partial charge is 0.393 e. The fourth-order valence-corrected chi connectivity index (χ4v) is 6.26. The summed E-state index contributed by atoms with van der Waals surface area (Å²) in [5, 5.41) is 0. The Morgan fingerprint density at radius 1 is 1.21 bits per heavy atom. The average molecular weight is 271 g/mol. The van der Waals surface area contributed by atoms with Gasteiger partial charge in [0.05, 0.1) is 4.99 Å². The molecule has 0 saturated heterocycles. The molecular formula is C17H21NS. The molecule has 4 fully saturated rings. The van der Waals surface area contributed by atoms with E-state index in [1.54, 1.807) is 5.56 Å². The van der Waals surface area contributed by atoms with E-state index >= 15 is 0 Å². The summed E-state index contributed by atoms with van der Waals surface area (Å²) in [5.74, 6) is 1.97. The molecule has 4 aliphatic rings. The second-order valence-corrected chi connectivity index (χ2v) is 7.86. The Kier molecular flexibility index (Phi) is 2.26. The fraction of sp³-hybridized carbons (Fsp3) is 0.588. The fourth-order valence-electron chi connectivity index (χ4n) is 5.90. The molecule has 0 spiro atoms. The van der Waals surface area contributed by atoms with Crippen LogP contribution < -0.4 is 5.73 Å². The summed E-state index contributed by atoms with van der Waals surface area (Å²) in [5.41, 5.74) is 8.49. The van der Waals surface area contributed by atoms with Gasteiger partial charge in [-0.25, -0.2) is 0 Å². The van der Waals surface area contributed by atoms with Crippen LogP contribution in [0.5, 0.6) is 0 Å². The Hall–Kier alpha value is -0.890. The smallest absolute Gasteiger partial charge is 0.0764 e. The standard InChI is InChI=1S/C17H21NS/c1-16-7-11-8-17(10-16,12-5-3-2-4-6-12)9-13(16)14(11)15(18)19/h2-6,11,13-14H,7-10H2,1H3,(H2,18,19).